The molecule has 1 atom stereocenters. The zero-order valence-corrected chi connectivity index (χ0v) is 18.9. The van der Waals surface area contributed by atoms with Crippen LogP contribution in [0.15, 0.2) is 48.5 Å². The fourth-order valence-corrected chi connectivity index (χ4v) is 5.36. The van der Waals surface area contributed by atoms with Gasteiger partial charge < -0.3 is 14.8 Å². The van der Waals surface area contributed by atoms with Gasteiger partial charge in [-0.1, -0.05) is 30.3 Å². The van der Waals surface area contributed by atoms with Crippen molar-refractivity contribution >= 4 is 21.6 Å². The molecule has 0 aromatic heterocycles. The molecule has 0 radical (unpaired) electrons. The highest BCUT2D eigenvalue weighted by Gasteiger charge is 2.32. The molecule has 1 fully saturated rings. The molecule has 8 heteroatoms. The maximum atomic E-state index is 12.8. The van der Waals surface area contributed by atoms with E-state index in [4.69, 9.17) is 9.47 Å². The van der Waals surface area contributed by atoms with Gasteiger partial charge in [0.25, 0.3) is 0 Å². The highest BCUT2D eigenvalue weighted by atomic mass is 32.2. The first-order chi connectivity index (χ1) is 14.9. The number of nitrogens with one attached hydrogen (secondary N) is 1. The number of piperidine rings is 1. The number of aryl methyl sites for hydroxylation is 1. The van der Waals surface area contributed by atoms with E-state index >= 15 is 0 Å². The molecule has 0 saturated carbocycles. The van der Waals surface area contributed by atoms with Crippen LogP contribution in [0.5, 0.6) is 11.5 Å². The molecule has 31 heavy (non-hydrogen) atoms. The van der Waals surface area contributed by atoms with Crippen LogP contribution >= 0.6 is 0 Å². The van der Waals surface area contributed by atoms with Gasteiger partial charge in [0.1, 0.15) is 11.5 Å². The van der Waals surface area contributed by atoms with E-state index in [1.165, 1.54) is 11.4 Å². The Labute approximate surface area is 184 Å². The summed E-state index contributed by atoms with van der Waals surface area (Å²) in [6, 6.07) is 15.0. The SMILES string of the molecule is COc1ccc(NC(=O)C2CCCN(S(=O)(=O)CCCc3ccccc3)C2)c(OC)c1. The standard InChI is InChI=1S/C23H30N2O5S/c1-29-20-12-13-21(22(16-20)30-2)24-23(26)19-11-6-14-25(17-19)31(27,28)15-7-10-18-8-4-3-5-9-18/h3-5,8-9,12-13,16,19H,6-7,10-11,14-15,17H2,1-2H3,(H,24,26). The number of carbonyl (C=O) groups is 1. The molecule has 0 aliphatic carbocycles. The van der Waals surface area contributed by atoms with Crippen LogP contribution in [-0.4, -0.2) is 51.7 Å². The van der Waals surface area contributed by atoms with Crippen LogP contribution in [0.2, 0.25) is 0 Å². The summed E-state index contributed by atoms with van der Waals surface area (Å²) in [6.07, 6.45) is 2.59. The minimum Gasteiger partial charge on any atom is -0.497 e. The average Bonchev–Trinajstić information content (AvgIpc) is 2.80. The molecule has 1 heterocycles. The Morgan fingerprint density at radius 2 is 1.90 bits per heavy atom. The van der Waals surface area contributed by atoms with Crippen molar-refractivity contribution in [1.29, 1.82) is 0 Å². The third-order valence-electron chi connectivity index (χ3n) is 5.53. The first-order valence-electron chi connectivity index (χ1n) is 10.5. The fourth-order valence-electron chi connectivity index (χ4n) is 3.78. The van der Waals surface area contributed by atoms with Crippen molar-refractivity contribution in [1.82, 2.24) is 4.31 Å². The predicted octanol–water partition coefficient (Wildman–Crippen LogP) is 3.32. The van der Waals surface area contributed by atoms with Crippen LogP contribution < -0.4 is 14.8 Å². The zero-order chi connectivity index (χ0) is 22.3. The highest BCUT2D eigenvalue weighted by molar-refractivity contribution is 7.89. The van der Waals surface area contributed by atoms with Crippen LogP contribution in [0.3, 0.4) is 0 Å². The topological polar surface area (TPSA) is 84.9 Å². The Bertz CT molecular complexity index is 979. The van der Waals surface area contributed by atoms with Crippen molar-refractivity contribution in [2.24, 2.45) is 5.92 Å². The normalized spacial score (nSPS) is 17.2. The molecule has 1 saturated heterocycles. The van der Waals surface area contributed by atoms with Gasteiger partial charge in [-0.25, -0.2) is 12.7 Å². The second-order valence-electron chi connectivity index (χ2n) is 7.66. The summed E-state index contributed by atoms with van der Waals surface area (Å²) in [6.45, 7) is 0.668. The molecule has 0 spiro atoms. The van der Waals surface area contributed by atoms with Gasteiger partial charge in [0.05, 0.1) is 31.6 Å². The maximum Gasteiger partial charge on any atom is 0.228 e. The second-order valence-corrected chi connectivity index (χ2v) is 9.75. The van der Waals surface area contributed by atoms with E-state index in [-0.39, 0.29) is 18.2 Å². The van der Waals surface area contributed by atoms with E-state index in [1.807, 2.05) is 30.3 Å². The van der Waals surface area contributed by atoms with Gasteiger partial charge >= 0.3 is 0 Å². The number of sulfonamides is 1. The molecule has 168 valence electrons. The highest BCUT2D eigenvalue weighted by Crippen LogP contribution is 2.30. The number of methoxy groups -OCH3 is 2. The number of benzene rings is 2. The van der Waals surface area contributed by atoms with E-state index in [0.717, 1.165) is 12.0 Å². The lowest BCUT2D eigenvalue weighted by Crippen LogP contribution is -2.44. The summed E-state index contributed by atoms with van der Waals surface area (Å²) in [7, 11) is -0.320. The molecule has 1 unspecified atom stereocenters. The molecular weight excluding hydrogens is 416 g/mol. The van der Waals surface area contributed by atoms with Gasteiger partial charge in [-0.05, 0) is 43.4 Å². The lowest BCUT2D eigenvalue weighted by Gasteiger charge is -2.31. The van der Waals surface area contributed by atoms with Crippen molar-refractivity contribution in [2.75, 3.05) is 38.4 Å². The second kappa shape index (κ2) is 10.6. The summed E-state index contributed by atoms with van der Waals surface area (Å²) < 4.78 is 37.6. The Morgan fingerprint density at radius 3 is 2.61 bits per heavy atom. The van der Waals surface area contributed by atoms with Gasteiger partial charge in [0.15, 0.2) is 0 Å². The van der Waals surface area contributed by atoms with Crippen LogP contribution in [0.1, 0.15) is 24.8 Å². The van der Waals surface area contributed by atoms with Crippen LogP contribution in [-0.2, 0) is 21.2 Å². The number of carbonyl (C=O) groups excluding carboxylic acids is 1. The molecule has 0 bridgehead atoms. The number of nitrogens with zero attached hydrogens (tertiary/aromatic N) is 1. The van der Waals surface area contributed by atoms with Crippen molar-refractivity contribution in [2.45, 2.75) is 25.7 Å². The number of hydrogen-bond donors (Lipinski definition) is 1. The lowest BCUT2D eigenvalue weighted by molar-refractivity contribution is -0.120. The summed E-state index contributed by atoms with van der Waals surface area (Å²) in [5.41, 5.74) is 1.66. The van der Waals surface area contributed by atoms with Crippen LogP contribution in [0.4, 0.5) is 5.69 Å². The Morgan fingerprint density at radius 1 is 1.13 bits per heavy atom. The number of rotatable bonds is 9. The smallest absolute Gasteiger partial charge is 0.228 e. The quantitative estimate of drug-likeness (QED) is 0.639. The van der Waals surface area contributed by atoms with Crippen molar-refractivity contribution in [3.8, 4) is 11.5 Å². The Balaban J connectivity index is 1.58. The molecule has 7 nitrogen and oxygen atoms in total. The summed E-state index contributed by atoms with van der Waals surface area (Å²) in [5.74, 6) is 0.606. The van der Waals surface area contributed by atoms with Crippen LogP contribution in [0, 0.1) is 5.92 Å². The molecule has 2 aromatic rings. The predicted molar refractivity (Wildman–Crippen MR) is 121 cm³/mol. The van der Waals surface area contributed by atoms with E-state index < -0.39 is 15.9 Å². The molecule has 1 amide bonds. The van der Waals surface area contributed by atoms with Gasteiger partial charge in [0.2, 0.25) is 15.9 Å². The minimum absolute atomic E-state index is 0.0858. The Hall–Kier alpha value is -2.58. The fraction of sp³-hybridized carbons (Fsp3) is 0.435. The van der Waals surface area contributed by atoms with E-state index in [1.54, 1.807) is 25.3 Å². The van der Waals surface area contributed by atoms with Gasteiger partial charge in [-0.3, -0.25) is 4.79 Å². The summed E-state index contributed by atoms with van der Waals surface area (Å²) in [4.78, 5) is 12.8. The number of amides is 1. The van der Waals surface area contributed by atoms with Gasteiger partial charge in [0, 0.05) is 19.2 Å². The molecule has 1 aliphatic heterocycles. The van der Waals surface area contributed by atoms with E-state index in [9.17, 15) is 13.2 Å². The third kappa shape index (κ3) is 6.21. The monoisotopic (exact) mass is 446 g/mol. The largest absolute Gasteiger partial charge is 0.497 e. The van der Waals surface area contributed by atoms with Crippen molar-refractivity contribution in [3.05, 3.63) is 54.1 Å². The average molecular weight is 447 g/mol. The third-order valence-corrected chi connectivity index (χ3v) is 7.45. The summed E-state index contributed by atoms with van der Waals surface area (Å²) in [5, 5.41) is 2.88. The van der Waals surface area contributed by atoms with Crippen molar-refractivity contribution < 1.29 is 22.7 Å². The molecule has 3 rings (SSSR count). The van der Waals surface area contributed by atoms with E-state index in [0.29, 0.717) is 43.0 Å². The summed E-state index contributed by atoms with van der Waals surface area (Å²) >= 11 is 0. The van der Waals surface area contributed by atoms with Gasteiger partial charge in [-0.2, -0.15) is 0 Å². The molecule has 1 aliphatic rings. The van der Waals surface area contributed by atoms with Crippen LogP contribution in [0.25, 0.3) is 0 Å². The number of ether oxygens (including phenoxy) is 2. The maximum absolute atomic E-state index is 12.8. The molecule has 2 aromatic carbocycles. The van der Waals surface area contributed by atoms with Crippen molar-refractivity contribution in [3.63, 3.8) is 0 Å². The zero-order valence-electron chi connectivity index (χ0n) is 18.0. The number of hydrogen-bond acceptors (Lipinski definition) is 5. The number of anilines is 1. The Kier molecular flexibility index (Phi) is 7.92. The molecular formula is C23H30N2O5S. The van der Waals surface area contributed by atoms with E-state index in [2.05, 4.69) is 5.32 Å². The minimum atomic E-state index is -3.40. The first kappa shape index (κ1) is 23.1. The van der Waals surface area contributed by atoms with Gasteiger partial charge in [-0.15, -0.1) is 0 Å². The molecule has 1 N–H and O–H groups in total. The lowest BCUT2D eigenvalue weighted by atomic mass is 9.98. The first-order valence-corrected chi connectivity index (χ1v) is 12.1.